The SMILES string of the molecule is CCCCCCC1=COCC1C. The predicted octanol–water partition coefficient (Wildman–Crippen LogP) is 3.51. The quantitative estimate of drug-likeness (QED) is 0.571. The summed E-state index contributed by atoms with van der Waals surface area (Å²) in [4.78, 5) is 0. The molecule has 1 heterocycles. The summed E-state index contributed by atoms with van der Waals surface area (Å²) in [6.45, 7) is 5.41. The predicted molar refractivity (Wildman–Crippen MR) is 52.0 cm³/mol. The molecule has 0 fully saturated rings. The van der Waals surface area contributed by atoms with Crippen molar-refractivity contribution in [3.63, 3.8) is 0 Å². The van der Waals surface area contributed by atoms with E-state index in [0.717, 1.165) is 6.61 Å². The molecule has 0 aromatic carbocycles. The Morgan fingerprint density at radius 3 is 2.83 bits per heavy atom. The molecule has 1 heteroatoms. The van der Waals surface area contributed by atoms with Crippen LogP contribution in [0, 0.1) is 5.92 Å². The van der Waals surface area contributed by atoms with E-state index in [4.69, 9.17) is 4.74 Å². The molecule has 0 amide bonds. The lowest BCUT2D eigenvalue weighted by atomic mass is 9.99. The number of hydrogen-bond donors (Lipinski definition) is 0. The van der Waals surface area contributed by atoms with Crippen molar-refractivity contribution >= 4 is 0 Å². The molecule has 0 bridgehead atoms. The zero-order valence-corrected chi connectivity index (χ0v) is 8.31. The smallest absolute Gasteiger partial charge is 0.0937 e. The van der Waals surface area contributed by atoms with Crippen LogP contribution in [0.4, 0.5) is 0 Å². The molecule has 1 nitrogen and oxygen atoms in total. The highest BCUT2D eigenvalue weighted by molar-refractivity contribution is 5.06. The Hall–Kier alpha value is -0.460. The Balaban J connectivity index is 2.06. The highest BCUT2D eigenvalue weighted by atomic mass is 16.5. The summed E-state index contributed by atoms with van der Waals surface area (Å²) in [6, 6.07) is 0. The van der Waals surface area contributed by atoms with E-state index in [1.165, 1.54) is 37.7 Å². The molecule has 0 N–H and O–H groups in total. The topological polar surface area (TPSA) is 9.23 Å². The van der Waals surface area contributed by atoms with Crippen LogP contribution in [0.5, 0.6) is 0 Å². The fourth-order valence-corrected chi connectivity index (χ4v) is 1.58. The Morgan fingerprint density at radius 1 is 1.42 bits per heavy atom. The minimum atomic E-state index is 0.673. The first-order chi connectivity index (χ1) is 5.84. The van der Waals surface area contributed by atoms with E-state index in [0.29, 0.717) is 5.92 Å². The maximum absolute atomic E-state index is 5.26. The molecule has 0 aromatic rings. The fraction of sp³-hybridized carbons (Fsp3) is 0.818. The largest absolute Gasteiger partial charge is 0.501 e. The molecule has 0 saturated heterocycles. The van der Waals surface area contributed by atoms with Gasteiger partial charge in [0.05, 0.1) is 12.9 Å². The first kappa shape index (κ1) is 9.63. The lowest BCUT2D eigenvalue weighted by Crippen LogP contribution is -1.98. The number of hydrogen-bond acceptors (Lipinski definition) is 1. The molecule has 12 heavy (non-hydrogen) atoms. The van der Waals surface area contributed by atoms with Gasteiger partial charge in [0, 0.05) is 5.92 Å². The van der Waals surface area contributed by atoms with Gasteiger partial charge in [-0.3, -0.25) is 0 Å². The Bertz CT molecular complexity index is 149. The third-order valence-electron chi connectivity index (χ3n) is 2.53. The van der Waals surface area contributed by atoms with Crippen LogP contribution in [0.2, 0.25) is 0 Å². The second kappa shape index (κ2) is 5.23. The minimum Gasteiger partial charge on any atom is -0.501 e. The van der Waals surface area contributed by atoms with Crippen LogP contribution in [-0.2, 0) is 4.74 Å². The second-order valence-corrected chi connectivity index (χ2v) is 3.74. The van der Waals surface area contributed by atoms with Crippen molar-refractivity contribution in [1.82, 2.24) is 0 Å². The summed E-state index contributed by atoms with van der Waals surface area (Å²) in [7, 11) is 0. The highest BCUT2D eigenvalue weighted by Crippen LogP contribution is 2.23. The normalized spacial score (nSPS) is 22.2. The molecule has 0 spiro atoms. The van der Waals surface area contributed by atoms with E-state index in [2.05, 4.69) is 13.8 Å². The zero-order valence-electron chi connectivity index (χ0n) is 8.31. The highest BCUT2D eigenvalue weighted by Gasteiger charge is 2.14. The fourth-order valence-electron chi connectivity index (χ4n) is 1.58. The molecule has 0 saturated carbocycles. The number of unbranched alkanes of at least 4 members (excludes halogenated alkanes) is 3. The first-order valence-corrected chi connectivity index (χ1v) is 5.15. The van der Waals surface area contributed by atoms with Gasteiger partial charge >= 0.3 is 0 Å². The van der Waals surface area contributed by atoms with Gasteiger partial charge in [-0.05, 0) is 18.4 Å². The maximum Gasteiger partial charge on any atom is 0.0937 e. The Morgan fingerprint density at radius 2 is 2.25 bits per heavy atom. The maximum atomic E-state index is 5.26. The van der Waals surface area contributed by atoms with Crippen molar-refractivity contribution in [1.29, 1.82) is 0 Å². The van der Waals surface area contributed by atoms with Gasteiger partial charge in [-0.15, -0.1) is 0 Å². The zero-order chi connectivity index (χ0) is 8.81. The summed E-state index contributed by atoms with van der Waals surface area (Å²) in [5.74, 6) is 0.673. The molecule has 70 valence electrons. The molecule has 1 aliphatic heterocycles. The molecular weight excluding hydrogens is 148 g/mol. The molecule has 0 aliphatic carbocycles. The Kier molecular flexibility index (Phi) is 4.20. The summed E-state index contributed by atoms with van der Waals surface area (Å²) in [5.41, 5.74) is 1.52. The molecule has 1 rings (SSSR count). The van der Waals surface area contributed by atoms with Gasteiger partial charge in [0.2, 0.25) is 0 Å². The van der Waals surface area contributed by atoms with Gasteiger partial charge in [-0.2, -0.15) is 0 Å². The van der Waals surface area contributed by atoms with Crippen molar-refractivity contribution in [2.45, 2.75) is 46.0 Å². The van der Waals surface area contributed by atoms with Gasteiger partial charge in [-0.25, -0.2) is 0 Å². The van der Waals surface area contributed by atoms with Crippen LogP contribution in [0.1, 0.15) is 46.0 Å². The van der Waals surface area contributed by atoms with Crippen molar-refractivity contribution in [2.24, 2.45) is 5.92 Å². The van der Waals surface area contributed by atoms with E-state index in [9.17, 15) is 0 Å². The standard InChI is InChI=1S/C11H20O/c1-3-4-5-6-7-11-9-12-8-10(11)2/h9-10H,3-8H2,1-2H3. The van der Waals surface area contributed by atoms with Gasteiger partial charge in [0.25, 0.3) is 0 Å². The van der Waals surface area contributed by atoms with E-state index in [1.54, 1.807) is 0 Å². The van der Waals surface area contributed by atoms with Gasteiger partial charge < -0.3 is 4.74 Å². The van der Waals surface area contributed by atoms with Crippen LogP contribution >= 0.6 is 0 Å². The van der Waals surface area contributed by atoms with E-state index in [1.807, 2.05) is 6.26 Å². The summed E-state index contributed by atoms with van der Waals surface area (Å²) in [6.07, 6.45) is 8.64. The summed E-state index contributed by atoms with van der Waals surface area (Å²) in [5, 5.41) is 0. The van der Waals surface area contributed by atoms with Crippen LogP contribution in [0.15, 0.2) is 11.8 Å². The molecule has 1 unspecified atom stereocenters. The lowest BCUT2D eigenvalue weighted by Gasteiger charge is -2.05. The van der Waals surface area contributed by atoms with Gasteiger partial charge in [0.15, 0.2) is 0 Å². The third-order valence-corrected chi connectivity index (χ3v) is 2.53. The van der Waals surface area contributed by atoms with Crippen molar-refractivity contribution in [3.8, 4) is 0 Å². The lowest BCUT2D eigenvalue weighted by molar-refractivity contribution is 0.255. The van der Waals surface area contributed by atoms with Crippen molar-refractivity contribution in [3.05, 3.63) is 11.8 Å². The third kappa shape index (κ3) is 2.88. The second-order valence-electron chi connectivity index (χ2n) is 3.74. The summed E-state index contributed by atoms with van der Waals surface area (Å²) >= 11 is 0. The average Bonchev–Trinajstić information content (AvgIpc) is 2.46. The molecule has 1 atom stereocenters. The van der Waals surface area contributed by atoms with Gasteiger partial charge in [-0.1, -0.05) is 33.1 Å². The molecule has 1 aliphatic rings. The molecule has 0 radical (unpaired) electrons. The molecular formula is C11H20O. The van der Waals surface area contributed by atoms with Gasteiger partial charge in [0.1, 0.15) is 0 Å². The van der Waals surface area contributed by atoms with Crippen molar-refractivity contribution in [2.75, 3.05) is 6.61 Å². The van der Waals surface area contributed by atoms with Crippen LogP contribution in [0.3, 0.4) is 0 Å². The average molecular weight is 168 g/mol. The van der Waals surface area contributed by atoms with E-state index >= 15 is 0 Å². The van der Waals surface area contributed by atoms with Crippen LogP contribution in [-0.4, -0.2) is 6.61 Å². The number of ether oxygens (including phenoxy) is 1. The molecule has 0 aromatic heterocycles. The summed E-state index contributed by atoms with van der Waals surface area (Å²) < 4.78 is 5.26. The van der Waals surface area contributed by atoms with E-state index in [-0.39, 0.29) is 0 Å². The van der Waals surface area contributed by atoms with Crippen molar-refractivity contribution < 1.29 is 4.74 Å². The van der Waals surface area contributed by atoms with Crippen LogP contribution in [0.25, 0.3) is 0 Å². The van der Waals surface area contributed by atoms with E-state index < -0.39 is 0 Å². The van der Waals surface area contributed by atoms with Crippen LogP contribution < -0.4 is 0 Å². The minimum absolute atomic E-state index is 0.673. The number of rotatable bonds is 5. The Labute approximate surface area is 75.8 Å². The monoisotopic (exact) mass is 168 g/mol. The first-order valence-electron chi connectivity index (χ1n) is 5.15.